The summed E-state index contributed by atoms with van der Waals surface area (Å²) in [5, 5.41) is 3.44. The number of allylic oxidation sites excluding steroid dienone is 1. The van der Waals surface area contributed by atoms with Gasteiger partial charge in [0, 0.05) is 6.54 Å². The molecule has 0 bridgehead atoms. The van der Waals surface area contributed by atoms with Crippen molar-refractivity contribution in [2.24, 2.45) is 5.92 Å². The maximum atomic E-state index is 13.0. The van der Waals surface area contributed by atoms with Crippen LogP contribution in [0.5, 0.6) is 5.75 Å². The van der Waals surface area contributed by atoms with Crippen molar-refractivity contribution >= 4 is 5.57 Å². The minimum atomic E-state index is -0.185. The third-order valence-electron chi connectivity index (χ3n) is 5.33. The van der Waals surface area contributed by atoms with E-state index in [1.807, 2.05) is 12.1 Å². The topological polar surface area (TPSA) is 21.3 Å². The molecule has 1 unspecified atom stereocenters. The van der Waals surface area contributed by atoms with Crippen LogP contribution in [-0.2, 0) is 12.8 Å². The molecule has 1 N–H and O–H groups in total. The number of fused-ring (bicyclic) bond motifs is 1. The molecule has 1 aliphatic carbocycles. The van der Waals surface area contributed by atoms with Gasteiger partial charge in [0.05, 0.1) is 6.61 Å². The summed E-state index contributed by atoms with van der Waals surface area (Å²) >= 11 is 0. The highest BCUT2D eigenvalue weighted by Gasteiger charge is 2.16. The second-order valence-electron chi connectivity index (χ2n) is 7.57. The Balaban J connectivity index is 1.59. The molecule has 0 spiro atoms. The van der Waals surface area contributed by atoms with Gasteiger partial charge < -0.3 is 10.1 Å². The lowest BCUT2D eigenvalue weighted by Crippen LogP contribution is -2.19. The fraction of sp³-hybridized carbons (Fsp3) is 0.417. The molecule has 3 rings (SSSR count). The predicted octanol–water partition coefficient (Wildman–Crippen LogP) is 5.41. The average molecular weight is 368 g/mol. The number of likely N-dealkylation sites (N-methyl/N-ethyl adjacent to an activating group) is 1. The van der Waals surface area contributed by atoms with Gasteiger partial charge in [0.15, 0.2) is 0 Å². The summed E-state index contributed by atoms with van der Waals surface area (Å²) in [6.45, 7) is 9.20. The van der Waals surface area contributed by atoms with Gasteiger partial charge in [0.25, 0.3) is 0 Å². The molecule has 1 atom stereocenters. The van der Waals surface area contributed by atoms with Crippen LogP contribution in [0.4, 0.5) is 4.39 Å². The number of benzene rings is 2. The monoisotopic (exact) mass is 367 g/mol. The van der Waals surface area contributed by atoms with Gasteiger partial charge in [-0.2, -0.15) is 0 Å². The Morgan fingerprint density at radius 2 is 1.89 bits per heavy atom. The minimum absolute atomic E-state index is 0.185. The molecule has 0 aromatic heterocycles. The number of nitrogens with one attached hydrogen (secondary N) is 1. The molecule has 3 heteroatoms. The molecule has 2 aromatic carbocycles. The van der Waals surface area contributed by atoms with Crippen molar-refractivity contribution in [3.05, 3.63) is 70.5 Å². The second kappa shape index (κ2) is 9.18. The van der Waals surface area contributed by atoms with E-state index in [1.165, 1.54) is 34.4 Å². The lowest BCUT2D eigenvalue weighted by Gasteiger charge is -2.23. The molecule has 0 heterocycles. The zero-order valence-corrected chi connectivity index (χ0v) is 16.6. The smallest absolute Gasteiger partial charge is 0.123 e. The van der Waals surface area contributed by atoms with E-state index in [1.54, 1.807) is 0 Å². The van der Waals surface area contributed by atoms with E-state index in [9.17, 15) is 4.39 Å². The molecule has 2 nitrogen and oxygen atoms in total. The van der Waals surface area contributed by atoms with Crippen molar-refractivity contribution in [1.82, 2.24) is 5.32 Å². The molecule has 2 aromatic rings. The maximum absolute atomic E-state index is 13.0. The first-order valence-corrected chi connectivity index (χ1v) is 9.96. The number of halogens is 1. The predicted molar refractivity (Wildman–Crippen MR) is 111 cm³/mol. The number of hydrogen-bond donors (Lipinski definition) is 1. The standard InChI is InChI=1S/C24H30FNO/c1-4-26-15-21-8-7-20-14-23(11-12-24(20)18(21)3)27-16-17(2)13-19-5-9-22(25)10-6-19/h5-6,9-12,14,17,26H,4,7-8,13,15-16H2,1-3H3. The van der Waals surface area contributed by atoms with E-state index in [-0.39, 0.29) is 5.82 Å². The molecule has 0 radical (unpaired) electrons. The van der Waals surface area contributed by atoms with Crippen LogP contribution in [-0.4, -0.2) is 19.7 Å². The molecule has 27 heavy (non-hydrogen) atoms. The highest BCUT2D eigenvalue weighted by molar-refractivity contribution is 5.72. The van der Waals surface area contributed by atoms with Gasteiger partial charge in [-0.1, -0.05) is 37.6 Å². The molecule has 0 fully saturated rings. The van der Waals surface area contributed by atoms with Crippen LogP contribution in [0, 0.1) is 11.7 Å². The highest BCUT2D eigenvalue weighted by Crippen LogP contribution is 2.33. The van der Waals surface area contributed by atoms with E-state index < -0.39 is 0 Å². The van der Waals surface area contributed by atoms with Gasteiger partial charge in [-0.15, -0.1) is 0 Å². The molecular weight excluding hydrogens is 337 g/mol. The first-order valence-electron chi connectivity index (χ1n) is 9.96. The Labute approximate surface area is 162 Å². The zero-order chi connectivity index (χ0) is 19.2. The third kappa shape index (κ3) is 5.20. The first-order chi connectivity index (χ1) is 13.1. The molecule has 144 valence electrons. The van der Waals surface area contributed by atoms with E-state index in [2.05, 4.69) is 44.3 Å². The van der Waals surface area contributed by atoms with E-state index in [0.29, 0.717) is 12.5 Å². The fourth-order valence-corrected chi connectivity index (χ4v) is 3.71. The summed E-state index contributed by atoms with van der Waals surface area (Å²) in [7, 11) is 0. The quantitative estimate of drug-likeness (QED) is 0.673. The number of hydrogen-bond acceptors (Lipinski definition) is 2. The van der Waals surface area contributed by atoms with Crippen molar-refractivity contribution in [3.8, 4) is 5.75 Å². The van der Waals surface area contributed by atoms with Crippen LogP contribution in [0.1, 0.15) is 43.9 Å². The first kappa shape index (κ1) is 19.6. The molecule has 0 saturated carbocycles. The van der Waals surface area contributed by atoms with Crippen LogP contribution in [0.15, 0.2) is 48.0 Å². The lowest BCUT2D eigenvalue weighted by molar-refractivity contribution is 0.259. The second-order valence-corrected chi connectivity index (χ2v) is 7.57. The Morgan fingerprint density at radius 3 is 2.63 bits per heavy atom. The summed E-state index contributed by atoms with van der Waals surface area (Å²) in [5.41, 5.74) is 6.82. The van der Waals surface area contributed by atoms with E-state index in [0.717, 1.165) is 43.7 Å². The SMILES string of the molecule is CCNCC1=C(C)c2ccc(OCC(C)Cc3ccc(F)cc3)cc2CC1. The summed E-state index contributed by atoms with van der Waals surface area (Å²) < 4.78 is 19.1. The number of aryl methyl sites for hydroxylation is 1. The Hall–Kier alpha value is -2.13. The molecule has 0 amide bonds. The van der Waals surface area contributed by atoms with Gasteiger partial charge in [-0.3, -0.25) is 0 Å². The maximum Gasteiger partial charge on any atom is 0.123 e. The fourth-order valence-electron chi connectivity index (χ4n) is 3.71. The minimum Gasteiger partial charge on any atom is -0.493 e. The average Bonchev–Trinajstić information content (AvgIpc) is 2.68. The summed E-state index contributed by atoms with van der Waals surface area (Å²) in [5.74, 6) is 1.14. The lowest BCUT2D eigenvalue weighted by atomic mass is 9.86. The normalized spacial score (nSPS) is 14.8. The van der Waals surface area contributed by atoms with Crippen molar-refractivity contribution < 1.29 is 9.13 Å². The summed E-state index contributed by atoms with van der Waals surface area (Å²) in [4.78, 5) is 0. The largest absolute Gasteiger partial charge is 0.493 e. The van der Waals surface area contributed by atoms with E-state index >= 15 is 0 Å². The van der Waals surface area contributed by atoms with Gasteiger partial charge >= 0.3 is 0 Å². The van der Waals surface area contributed by atoms with Crippen molar-refractivity contribution in [2.45, 2.75) is 40.0 Å². The molecule has 0 aliphatic heterocycles. The van der Waals surface area contributed by atoms with Gasteiger partial charge in [-0.25, -0.2) is 4.39 Å². The Kier molecular flexibility index (Phi) is 6.68. The van der Waals surface area contributed by atoms with Crippen LogP contribution in [0.3, 0.4) is 0 Å². The van der Waals surface area contributed by atoms with Gasteiger partial charge in [-0.05, 0) is 85.2 Å². The number of ether oxygens (including phenoxy) is 1. The van der Waals surface area contributed by atoms with Crippen molar-refractivity contribution in [2.75, 3.05) is 19.7 Å². The van der Waals surface area contributed by atoms with Crippen molar-refractivity contribution in [3.63, 3.8) is 0 Å². The molecule has 0 saturated heterocycles. The Morgan fingerprint density at radius 1 is 1.11 bits per heavy atom. The van der Waals surface area contributed by atoms with Gasteiger partial charge in [0.1, 0.15) is 11.6 Å². The van der Waals surface area contributed by atoms with Crippen LogP contribution in [0.2, 0.25) is 0 Å². The molecule has 1 aliphatic rings. The van der Waals surface area contributed by atoms with Crippen LogP contribution < -0.4 is 10.1 Å². The van der Waals surface area contributed by atoms with Crippen LogP contribution >= 0.6 is 0 Å². The number of rotatable bonds is 8. The summed E-state index contributed by atoms with van der Waals surface area (Å²) in [6.07, 6.45) is 3.09. The van der Waals surface area contributed by atoms with Gasteiger partial charge in [0.2, 0.25) is 0 Å². The summed E-state index contributed by atoms with van der Waals surface area (Å²) in [6, 6.07) is 13.2. The van der Waals surface area contributed by atoms with Crippen LogP contribution in [0.25, 0.3) is 5.57 Å². The zero-order valence-electron chi connectivity index (χ0n) is 16.6. The van der Waals surface area contributed by atoms with E-state index in [4.69, 9.17) is 4.74 Å². The highest BCUT2D eigenvalue weighted by atomic mass is 19.1. The third-order valence-corrected chi connectivity index (χ3v) is 5.33. The molecular formula is C24H30FNO. The van der Waals surface area contributed by atoms with Crippen molar-refractivity contribution in [1.29, 1.82) is 0 Å². The Bertz CT molecular complexity index is 795.